The number of anilines is 1. The number of hydrogen-bond acceptors (Lipinski definition) is 6. The molecule has 3 rings (SSSR count). The zero-order chi connectivity index (χ0) is 20.1. The third-order valence-electron chi connectivity index (χ3n) is 4.18. The molecule has 8 nitrogen and oxygen atoms in total. The van der Waals surface area contributed by atoms with E-state index in [1.165, 1.54) is 27.1 Å². The third-order valence-corrected chi connectivity index (χ3v) is 5.00. The van der Waals surface area contributed by atoms with E-state index in [0.29, 0.717) is 21.7 Å². The second-order valence-electron chi connectivity index (χ2n) is 6.16. The Kier molecular flexibility index (Phi) is 6.05. The first-order valence-electron chi connectivity index (χ1n) is 8.58. The maximum atomic E-state index is 12.3. The van der Waals surface area contributed by atoms with Crippen LogP contribution in [0.3, 0.4) is 0 Å². The number of carbonyl (C=O) groups excluding carboxylic acids is 2. The van der Waals surface area contributed by atoms with Crippen LogP contribution in [0.5, 0.6) is 5.75 Å². The van der Waals surface area contributed by atoms with Crippen LogP contribution < -0.4 is 15.6 Å². The number of thiophene rings is 1. The van der Waals surface area contributed by atoms with Crippen LogP contribution in [0.4, 0.5) is 5.69 Å². The molecule has 2 heterocycles. The smallest absolute Gasteiger partial charge is 0.262 e. The van der Waals surface area contributed by atoms with E-state index in [1.807, 2.05) is 5.38 Å². The van der Waals surface area contributed by atoms with Crippen molar-refractivity contribution >= 4 is 39.1 Å². The number of rotatable bonds is 7. The molecule has 28 heavy (non-hydrogen) atoms. The van der Waals surface area contributed by atoms with Gasteiger partial charge in [0.05, 0.1) is 25.4 Å². The summed E-state index contributed by atoms with van der Waals surface area (Å²) in [5.74, 6) is 0.0737. The van der Waals surface area contributed by atoms with Crippen LogP contribution >= 0.6 is 11.3 Å². The lowest BCUT2D eigenvalue weighted by Gasteiger charge is -2.17. The number of carbonyl (C=O) groups is 2. The summed E-state index contributed by atoms with van der Waals surface area (Å²) in [4.78, 5) is 43.0. The maximum Gasteiger partial charge on any atom is 0.262 e. The summed E-state index contributed by atoms with van der Waals surface area (Å²) in [6, 6.07) is 8.69. The normalized spacial score (nSPS) is 10.6. The molecular weight excluding hydrogens is 380 g/mol. The molecular formula is C19H20N4O4S. The molecule has 1 N–H and O–H groups in total. The van der Waals surface area contributed by atoms with Gasteiger partial charge in [0.1, 0.15) is 10.6 Å². The SMILES string of the molecule is COc1cccc(NC(=O)CN(C)C(=O)CCn2cnc3sccc3c2=O)c1. The standard InChI is InChI=1S/C19H20N4O4S/c1-22(11-16(24)21-13-4-3-5-14(10-13)27-2)17(25)6-8-23-12-20-18-15(19(23)26)7-9-28-18/h3-5,7,9-10,12H,6,8,11H2,1-2H3,(H,21,24). The van der Waals surface area contributed by atoms with Crippen LogP contribution in [0.15, 0.2) is 46.8 Å². The van der Waals surface area contributed by atoms with Gasteiger partial charge in [-0.1, -0.05) is 6.07 Å². The Labute approximate surface area is 165 Å². The van der Waals surface area contributed by atoms with Crippen molar-refractivity contribution < 1.29 is 14.3 Å². The van der Waals surface area contributed by atoms with Gasteiger partial charge in [-0.25, -0.2) is 4.98 Å². The van der Waals surface area contributed by atoms with Crippen molar-refractivity contribution in [2.45, 2.75) is 13.0 Å². The summed E-state index contributed by atoms with van der Waals surface area (Å²) in [7, 11) is 3.10. The fourth-order valence-electron chi connectivity index (χ4n) is 2.66. The summed E-state index contributed by atoms with van der Waals surface area (Å²) in [6.07, 6.45) is 1.55. The lowest BCUT2D eigenvalue weighted by molar-refractivity contribution is -0.133. The topological polar surface area (TPSA) is 93.5 Å². The minimum atomic E-state index is -0.317. The highest BCUT2D eigenvalue weighted by Gasteiger charge is 2.14. The highest BCUT2D eigenvalue weighted by Crippen LogP contribution is 2.16. The first kappa shape index (κ1) is 19.6. The summed E-state index contributed by atoms with van der Waals surface area (Å²) >= 11 is 1.40. The average molecular weight is 400 g/mol. The molecule has 2 amide bonds. The molecule has 9 heteroatoms. The fraction of sp³-hybridized carbons (Fsp3) is 0.263. The van der Waals surface area contributed by atoms with Gasteiger partial charge in [-0.2, -0.15) is 0 Å². The second-order valence-corrected chi connectivity index (χ2v) is 7.06. The van der Waals surface area contributed by atoms with Gasteiger partial charge in [-0.3, -0.25) is 19.0 Å². The van der Waals surface area contributed by atoms with Crippen molar-refractivity contribution in [2.24, 2.45) is 0 Å². The van der Waals surface area contributed by atoms with Crippen LogP contribution in [0.1, 0.15) is 6.42 Å². The summed E-state index contributed by atoms with van der Waals surface area (Å²) in [6.45, 7) is 0.116. The zero-order valence-corrected chi connectivity index (χ0v) is 16.4. The van der Waals surface area contributed by atoms with E-state index >= 15 is 0 Å². The predicted octanol–water partition coefficient (Wildman–Crippen LogP) is 1.95. The highest BCUT2D eigenvalue weighted by molar-refractivity contribution is 7.16. The Morgan fingerprint density at radius 3 is 2.93 bits per heavy atom. The van der Waals surface area contributed by atoms with Gasteiger partial charge in [-0.05, 0) is 23.6 Å². The molecule has 3 aromatic rings. The molecule has 0 atom stereocenters. The third kappa shape index (κ3) is 4.55. The second kappa shape index (κ2) is 8.66. The summed E-state index contributed by atoms with van der Waals surface area (Å²) in [5, 5.41) is 5.08. The lowest BCUT2D eigenvalue weighted by atomic mass is 10.3. The van der Waals surface area contributed by atoms with E-state index in [4.69, 9.17) is 4.74 Å². The Morgan fingerprint density at radius 1 is 1.32 bits per heavy atom. The Balaban J connectivity index is 1.54. The number of nitrogens with zero attached hydrogens (tertiary/aromatic N) is 3. The van der Waals surface area contributed by atoms with E-state index in [1.54, 1.807) is 44.5 Å². The van der Waals surface area contributed by atoms with E-state index in [0.717, 1.165) is 0 Å². The number of aryl methyl sites for hydroxylation is 1. The van der Waals surface area contributed by atoms with Crippen LogP contribution in [0.2, 0.25) is 0 Å². The van der Waals surface area contributed by atoms with Gasteiger partial charge in [0.2, 0.25) is 11.8 Å². The molecule has 1 aromatic carbocycles. The van der Waals surface area contributed by atoms with Crippen molar-refractivity contribution in [1.82, 2.24) is 14.5 Å². The van der Waals surface area contributed by atoms with Crippen molar-refractivity contribution in [3.63, 3.8) is 0 Å². The molecule has 0 aliphatic rings. The number of ether oxygens (including phenoxy) is 1. The summed E-state index contributed by atoms with van der Waals surface area (Å²) < 4.78 is 6.53. The zero-order valence-electron chi connectivity index (χ0n) is 15.5. The molecule has 0 radical (unpaired) electrons. The van der Waals surface area contributed by atoms with E-state index in [9.17, 15) is 14.4 Å². The molecule has 146 valence electrons. The molecule has 0 aliphatic heterocycles. The van der Waals surface area contributed by atoms with Crippen LogP contribution in [0, 0.1) is 0 Å². The first-order valence-corrected chi connectivity index (χ1v) is 9.46. The number of hydrogen-bond donors (Lipinski definition) is 1. The Hall–Kier alpha value is -3.20. The van der Waals surface area contributed by atoms with Crippen molar-refractivity contribution in [2.75, 3.05) is 26.0 Å². The number of likely N-dealkylation sites (N-methyl/N-ethyl adjacent to an activating group) is 1. The average Bonchev–Trinajstić information content (AvgIpc) is 3.17. The Bertz CT molecular complexity index is 1060. The number of methoxy groups -OCH3 is 1. The minimum Gasteiger partial charge on any atom is -0.497 e. The predicted molar refractivity (Wildman–Crippen MR) is 108 cm³/mol. The van der Waals surface area contributed by atoms with Crippen LogP contribution in [-0.2, 0) is 16.1 Å². The number of amides is 2. The fourth-order valence-corrected chi connectivity index (χ4v) is 3.39. The van der Waals surface area contributed by atoms with Crippen molar-refractivity contribution in [3.8, 4) is 5.75 Å². The van der Waals surface area contributed by atoms with Gasteiger partial charge in [0, 0.05) is 31.8 Å². The van der Waals surface area contributed by atoms with Crippen LogP contribution in [-0.4, -0.2) is 47.0 Å². The summed E-state index contributed by atoms with van der Waals surface area (Å²) in [5.41, 5.74) is 0.421. The Morgan fingerprint density at radius 2 is 2.14 bits per heavy atom. The molecule has 0 saturated heterocycles. The quantitative estimate of drug-likeness (QED) is 0.654. The first-order chi connectivity index (χ1) is 13.5. The van der Waals surface area contributed by atoms with Gasteiger partial charge in [-0.15, -0.1) is 11.3 Å². The van der Waals surface area contributed by atoms with E-state index < -0.39 is 0 Å². The van der Waals surface area contributed by atoms with Gasteiger partial charge < -0.3 is 15.0 Å². The van der Waals surface area contributed by atoms with Crippen molar-refractivity contribution in [3.05, 3.63) is 52.4 Å². The molecule has 0 saturated carbocycles. The van der Waals surface area contributed by atoms with Gasteiger partial charge >= 0.3 is 0 Å². The number of nitrogens with one attached hydrogen (secondary N) is 1. The molecule has 0 unspecified atom stereocenters. The number of aromatic nitrogens is 2. The number of fused-ring (bicyclic) bond motifs is 1. The largest absolute Gasteiger partial charge is 0.497 e. The molecule has 0 spiro atoms. The highest BCUT2D eigenvalue weighted by atomic mass is 32.1. The molecule has 0 fully saturated rings. The monoisotopic (exact) mass is 400 g/mol. The van der Waals surface area contributed by atoms with Crippen LogP contribution in [0.25, 0.3) is 10.2 Å². The van der Waals surface area contributed by atoms with Gasteiger partial charge in [0.15, 0.2) is 0 Å². The van der Waals surface area contributed by atoms with Gasteiger partial charge in [0.25, 0.3) is 5.56 Å². The lowest BCUT2D eigenvalue weighted by Crippen LogP contribution is -2.35. The number of benzene rings is 1. The maximum absolute atomic E-state index is 12.3. The molecule has 0 bridgehead atoms. The minimum absolute atomic E-state index is 0.0905. The van der Waals surface area contributed by atoms with Crippen molar-refractivity contribution in [1.29, 1.82) is 0 Å². The molecule has 2 aromatic heterocycles. The van der Waals surface area contributed by atoms with E-state index in [-0.39, 0.29) is 36.9 Å². The van der Waals surface area contributed by atoms with E-state index in [2.05, 4.69) is 10.3 Å². The molecule has 0 aliphatic carbocycles.